The van der Waals surface area contributed by atoms with E-state index in [2.05, 4.69) is 4.52 Å². The van der Waals surface area contributed by atoms with Crippen LogP contribution in [0.4, 0.5) is 0 Å². The molecule has 0 aliphatic rings. The van der Waals surface area contributed by atoms with Crippen LogP contribution in [0.3, 0.4) is 0 Å². The third-order valence-electron chi connectivity index (χ3n) is 1.54. The molecule has 1 aromatic rings. The first-order valence-corrected chi connectivity index (χ1v) is 5.67. The Morgan fingerprint density at radius 3 is 2.50 bits per heavy atom. The second kappa shape index (κ2) is 4.94. The van der Waals surface area contributed by atoms with Gasteiger partial charge >= 0.3 is 13.8 Å². The molecule has 0 spiro atoms. The number of carbonyl (C=O) groups is 1. The fourth-order valence-corrected chi connectivity index (χ4v) is 1.41. The molecule has 0 aliphatic carbocycles. The Bertz CT molecular complexity index is 461. The summed E-state index contributed by atoms with van der Waals surface area (Å²) in [7, 11) is -4.64. The van der Waals surface area contributed by atoms with E-state index in [1.165, 1.54) is 24.3 Å². The van der Waals surface area contributed by atoms with Crippen molar-refractivity contribution in [1.82, 2.24) is 0 Å². The molecule has 0 atom stereocenters. The van der Waals surface area contributed by atoms with Crippen LogP contribution < -0.4 is 4.52 Å². The zero-order valence-electron chi connectivity index (χ0n) is 7.98. The van der Waals surface area contributed by atoms with Gasteiger partial charge in [-0.1, -0.05) is 18.2 Å². The monoisotopic (exact) mass is 244 g/mol. The molecule has 0 unspecified atom stereocenters. The van der Waals surface area contributed by atoms with Crippen molar-refractivity contribution in [3.63, 3.8) is 0 Å². The first-order chi connectivity index (χ1) is 7.38. The normalized spacial score (nSPS) is 11.6. The molecular weight excluding hydrogens is 235 g/mol. The van der Waals surface area contributed by atoms with Crippen LogP contribution in [0.15, 0.2) is 30.3 Å². The summed E-state index contributed by atoms with van der Waals surface area (Å²) in [5.74, 6) is -1.24. The number of hydrogen-bond acceptors (Lipinski definition) is 3. The van der Waals surface area contributed by atoms with E-state index in [9.17, 15) is 9.36 Å². The number of carboxylic acid groups (broad SMARTS) is 1. The van der Waals surface area contributed by atoms with Crippen LogP contribution in [0.2, 0.25) is 0 Å². The zero-order valence-corrected chi connectivity index (χ0v) is 8.87. The number of aliphatic carboxylic acids is 1. The van der Waals surface area contributed by atoms with Gasteiger partial charge in [-0.05, 0) is 12.1 Å². The molecule has 0 saturated carbocycles. The van der Waals surface area contributed by atoms with Crippen LogP contribution in [-0.2, 0) is 9.36 Å². The first kappa shape index (κ1) is 12.4. The quantitative estimate of drug-likeness (QED) is 0.544. The molecule has 6 nitrogen and oxygen atoms in total. The van der Waals surface area contributed by atoms with Crippen molar-refractivity contribution in [3.05, 3.63) is 35.9 Å². The Balaban J connectivity index is 3.01. The van der Waals surface area contributed by atoms with E-state index in [4.69, 9.17) is 14.9 Å². The minimum Gasteiger partial charge on any atom is -0.478 e. The summed E-state index contributed by atoms with van der Waals surface area (Å²) in [5, 5.41) is 8.42. The Morgan fingerprint density at radius 1 is 1.31 bits per heavy atom. The summed E-state index contributed by atoms with van der Waals surface area (Å²) in [6.07, 6.45) is 2.04. The summed E-state index contributed by atoms with van der Waals surface area (Å²) < 4.78 is 15.0. The molecule has 1 aromatic carbocycles. The van der Waals surface area contributed by atoms with Gasteiger partial charge < -0.3 is 9.63 Å². The van der Waals surface area contributed by atoms with Crippen molar-refractivity contribution in [2.75, 3.05) is 0 Å². The van der Waals surface area contributed by atoms with Crippen molar-refractivity contribution in [2.24, 2.45) is 0 Å². The van der Waals surface area contributed by atoms with Crippen molar-refractivity contribution < 1.29 is 28.8 Å². The molecule has 1 rings (SSSR count). The van der Waals surface area contributed by atoms with Gasteiger partial charge in [0.25, 0.3) is 0 Å². The van der Waals surface area contributed by atoms with Crippen molar-refractivity contribution in [1.29, 1.82) is 0 Å². The predicted molar refractivity (Wildman–Crippen MR) is 55.8 cm³/mol. The maximum atomic E-state index is 10.6. The molecule has 0 fully saturated rings. The molecule has 0 radical (unpaired) electrons. The van der Waals surface area contributed by atoms with Crippen LogP contribution in [0.1, 0.15) is 5.56 Å². The lowest BCUT2D eigenvalue weighted by atomic mass is 10.2. The Morgan fingerprint density at radius 2 is 1.94 bits per heavy atom. The molecule has 0 bridgehead atoms. The highest BCUT2D eigenvalue weighted by atomic mass is 31.2. The van der Waals surface area contributed by atoms with Gasteiger partial charge in [-0.2, -0.15) is 0 Å². The van der Waals surface area contributed by atoms with Gasteiger partial charge in [-0.15, -0.1) is 0 Å². The SMILES string of the molecule is O=C(O)C=Cc1ccccc1OP(=O)(O)O. The maximum Gasteiger partial charge on any atom is 0.524 e. The number of benzene rings is 1. The average molecular weight is 244 g/mol. The smallest absolute Gasteiger partial charge is 0.478 e. The highest BCUT2D eigenvalue weighted by Gasteiger charge is 2.17. The number of para-hydroxylation sites is 1. The van der Waals surface area contributed by atoms with E-state index in [0.717, 1.165) is 6.08 Å². The number of phosphoric acid groups is 1. The molecule has 0 amide bonds. The Kier molecular flexibility index (Phi) is 3.84. The third kappa shape index (κ3) is 4.27. The largest absolute Gasteiger partial charge is 0.524 e. The van der Waals surface area contributed by atoms with Gasteiger partial charge in [0.05, 0.1) is 0 Å². The second-order valence-electron chi connectivity index (χ2n) is 2.79. The number of carboxylic acids is 1. The fraction of sp³-hybridized carbons (Fsp3) is 0. The highest BCUT2D eigenvalue weighted by molar-refractivity contribution is 7.46. The topological polar surface area (TPSA) is 104 Å². The molecule has 86 valence electrons. The highest BCUT2D eigenvalue weighted by Crippen LogP contribution is 2.39. The number of rotatable bonds is 4. The summed E-state index contributed by atoms with van der Waals surface area (Å²) in [4.78, 5) is 27.5. The molecular formula is C9H9O6P. The summed E-state index contributed by atoms with van der Waals surface area (Å²) in [6, 6.07) is 5.92. The minimum atomic E-state index is -4.64. The average Bonchev–Trinajstić information content (AvgIpc) is 2.14. The lowest BCUT2D eigenvalue weighted by molar-refractivity contribution is -0.131. The van der Waals surface area contributed by atoms with Gasteiger partial charge in [-0.3, -0.25) is 9.79 Å². The van der Waals surface area contributed by atoms with E-state index >= 15 is 0 Å². The van der Waals surface area contributed by atoms with E-state index in [1.807, 2.05) is 0 Å². The van der Waals surface area contributed by atoms with E-state index in [1.54, 1.807) is 6.07 Å². The molecule has 0 aromatic heterocycles. The van der Waals surface area contributed by atoms with Crippen molar-refractivity contribution in [2.45, 2.75) is 0 Å². The van der Waals surface area contributed by atoms with Crippen molar-refractivity contribution >= 4 is 19.9 Å². The minimum absolute atomic E-state index is 0.0756. The number of phosphoric ester groups is 1. The van der Waals surface area contributed by atoms with Crippen molar-refractivity contribution in [3.8, 4) is 5.75 Å². The maximum absolute atomic E-state index is 10.6. The number of hydrogen-bond donors (Lipinski definition) is 3. The Labute approximate surface area is 91.0 Å². The van der Waals surface area contributed by atoms with E-state index < -0.39 is 13.8 Å². The molecule has 7 heteroatoms. The third-order valence-corrected chi connectivity index (χ3v) is 1.98. The molecule has 16 heavy (non-hydrogen) atoms. The van der Waals surface area contributed by atoms with Gasteiger partial charge in [-0.25, -0.2) is 9.36 Å². The van der Waals surface area contributed by atoms with Crippen LogP contribution in [0.5, 0.6) is 5.75 Å². The summed E-state index contributed by atoms with van der Waals surface area (Å²) in [6.45, 7) is 0. The lowest BCUT2D eigenvalue weighted by Gasteiger charge is -2.08. The summed E-state index contributed by atoms with van der Waals surface area (Å²) >= 11 is 0. The first-order valence-electron chi connectivity index (χ1n) is 4.14. The van der Waals surface area contributed by atoms with E-state index in [-0.39, 0.29) is 11.3 Å². The van der Waals surface area contributed by atoms with Gasteiger partial charge in [0, 0.05) is 11.6 Å². The van der Waals surface area contributed by atoms with E-state index in [0.29, 0.717) is 0 Å². The standard InChI is InChI=1S/C9H9O6P/c10-9(11)6-5-7-3-1-2-4-8(7)15-16(12,13)14/h1-6H,(H,10,11)(H2,12,13,14). The molecule has 3 N–H and O–H groups in total. The van der Waals surface area contributed by atoms with Crippen LogP contribution in [-0.4, -0.2) is 20.9 Å². The Hall–Kier alpha value is -1.62. The van der Waals surface area contributed by atoms with Crippen LogP contribution >= 0.6 is 7.82 Å². The van der Waals surface area contributed by atoms with Crippen LogP contribution in [0.25, 0.3) is 6.08 Å². The zero-order chi connectivity index (χ0) is 12.2. The lowest BCUT2D eigenvalue weighted by Crippen LogP contribution is -1.93. The fourth-order valence-electron chi connectivity index (χ4n) is 0.991. The molecule has 0 aliphatic heterocycles. The van der Waals surface area contributed by atoms with Gasteiger partial charge in [0.15, 0.2) is 0 Å². The summed E-state index contributed by atoms with van der Waals surface area (Å²) in [5.41, 5.74) is 0.272. The molecule has 0 heterocycles. The van der Waals surface area contributed by atoms with Gasteiger partial charge in [0.1, 0.15) is 5.75 Å². The van der Waals surface area contributed by atoms with Gasteiger partial charge in [0.2, 0.25) is 0 Å². The van der Waals surface area contributed by atoms with Crippen LogP contribution in [0, 0.1) is 0 Å². The molecule has 0 saturated heterocycles. The predicted octanol–water partition coefficient (Wildman–Crippen LogP) is 1.26. The second-order valence-corrected chi connectivity index (χ2v) is 3.95.